The average Bonchev–Trinajstić information content (AvgIpc) is 3.31. The number of ether oxygens (including phenoxy) is 1. The van der Waals surface area contributed by atoms with Crippen LogP contribution in [0.2, 0.25) is 0 Å². The summed E-state index contributed by atoms with van der Waals surface area (Å²) in [6.45, 7) is -0.0438. The molecule has 0 fully saturated rings. The highest BCUT2D eigenvalue weighted by Crippen LogP contribution is 2.25. The van der Waals surface area contributed by atoms with Crippen molar-refractivity contribution in [2.45, 2.75) is 11.4 Å². The number of thiophene rings is 2. The molecule has 0 aliphatic heterocycles. The third-order valence-electron chi connectivity index (χ3n) is 3.29. The van der Waals surface area contributed by atoms with Crippen LogP contribution >= 0.6 is 22.7 Å². The average molecular weight is 395 g/mol. The summed E-state index contributed by atoms with van der Waals surface area (Å²) in [6.07, 6.45) is 3.06. The molecule has 3 aromatic heterocycles. The van der Waals surface area contributed by atoms with Gasteiger partial charge in [0, 0.05) is 23.3 Å². The molecule has 1 N–H and O–H groups in total. The lowest BCUT2D eigenvalue weighted by atomic mass is 10.2. The molecule has 7 nitrogen and oxygen atoms in total. The van der Waals surface area contributed by atoms with Gasteiger partial charge in [-0.1, -0.05) is 0 Å². The van der Waals surface area contributed by atoms with Crippen molar-refractivity contribution in [2.75, 3.05) is 7.11 Å². The Hall–Kier alpha value is -2.14. The molecule has 0 atom stereocenters. The highest BCUT2D eigenvalue weighted by molar-refractivity contribution is 7.89. The summed E-state index contributed by atoms with van der Waals surface area (Å²) < 4.78 is 32.2. The van der Waals surface area contributed by atoms with Crippen LogP contribution in [0.25, 0.3) is 11.3 Å². The molecule has 0 saturated heterocycles. The standard InChI is InChI=1S/C15H13N3O4S3/c1-22-15(19)14-12(3-7-24-14)25(20,21)18-8-11-13(17-5-4-16-11)10-2-6-23-9-10/h2-7,9,18H,8H2,1H3. The molecule has 0 unspecified atom stereocenters. The zero-order valence-electron chi connectivity index (χ0n) is 13.0. The van der Waals surface area contributed by atoms with Crippen LogP contribution in [0.1, 0.15) is 15.4 Å². The minimum Gasteiger partial charge on any atom is -0.465 e. The van der Waals surface area contributed by atoms with Gasteiger partial charge < -0.3 is 4.74 Å². The summed E-state index contributed by atoms with van der Waals surface area (Å²) in [5.74, 6) is -0.686. The van der Waals surface area contributed by atoms with Gasteiger partial charge in [-0.25, -0.2) is 17.9 Å². The zero-order chi connectivity index (χ0) is 17.9. The molecule has 0 aliphatic carbocycles. The molecule has 3 aromatic rings. The van der Waals surface area contributed by atoms with Gasteiger partial charge in [0.2, 0.25) is 10.0 Å². The van der Waals surface area contributed by atoms with Crippen LogP contribution in [0.5, 0.6) is 0 Å². The fourth-order valence-corrected chi connectivity index (χ4v) is 5.09. The quantitative estimate of drug-likeness (QED) is 0.644. The fourth-order valence-electron chi connectivity index (χ4n) is 2.13. The molecular formula is C15H13N3O4S3. The van der Waals surface area contributed by atoms with E-state index < -0.39 is 16.0 Å². The first-order valence-electron chi connectivity index (χ1n) is 7.01. The van der Waals surface area contributed by atoms with Crippen LogP contribution in [-0.4, -0.2) is 31.5 Å². The molecule has 0 aromatic carbocycles. The summed E-state index contributed by atoms with van der Waals surface area (Å²) in [7, 11) is -2.69. The first-order chi connectivity index (χ1) is 12.0. The van der Waals surface area contributed by atoms with Crippen molar-refractivity contribution in [3.05, 3.63) is 51.2 Å². The Morgan fingerprint density at radius 3 is 2.76 bits per heavy atom. The summed E-state index contributed by atoms with van der Waals surface area (Å²) in [6, 6.07) is 3.26. The Balaban J connectivity index is 1.85. The Morgan fingerprint density at radius 1 is 1.24 bits per heavy atom. The van der Waals surface area contributed by atoms with Gasteiger partial charge in [0.1, 0.15) is 9.77 Å². The highest BCUT2D eigenvalue weighted by atomic mass is 32.2. The topological polar surface area (TPSA) is 98.2 Å². The van der Waals surface area contributed by atoms with Gasteiger partial charge in [-0.05, 0) is 22.9 Å². The van der Waals surface area contributed by atoms with Gasteiger partial charge in [-0.15, -0.1) is 11.3 Å². The maximum absolute atomic E-state index is 12.5. The molecule has 0 saturated carbocycles. The third kappa shape index (κ3) is 3.76. The van der Waals surface area contributed by atoms with Crippen LogP contribution in [0.15, 0.2) is 45.6 Å². The second kappa shape index (κ2) is 7.40. The number of sulfonamides is 1. The van der Waals surface area contributed by atoms with Crippen molar-refractivity contribution in [3.8, 4) is 11.3 Å². The smallest absolute Gasteiger partial charge is 0.349 e. The van der Waals surface area contributed by atoms with Crippen molar-refractivity contribution in [2.24, 2.45) is 0 Å². The number of carbonyl (C=O) groups is 1. The second-order valence-corrected chi connectivity index (χ2v) is 8.23. The van der Waals surface area contributed by atoms with Gasteiger partial charge in [0.25, 0.3) is 0 Å². The number of rotatable bonds is 6. The summed E-state index contributed by atoms with van der Waals surface area (Å²) in [4.78, 5) is 20.1. The van der Waals surface area contributed by atoms with Crippen LogP contribution in [0.3, 0.4) is 0 Å². The first-order valence-corrected chi connectivity index (χ1v) is 10.3. The summed E-state index contributed by atoms with van der Waals surface area (Å²) in [5.41, 5.74) is 1.99. The molecule has 0 aliphatic rings. The maximum atomic E-state index is 12.5. The first kappa shape index (κ1) is 17.7. The van der Waals surface area contributed by atoms with Crippen molar-refractivity contribution < 1.29 is 17.9 Å². The van der Waals surface area contributed by atoms with E-state index in [4.69, 9.17) is 0 Å². The minimum absolute atomic E-state index is 0.0344. The van der Waals surface area contributed by atoms with Gasteiger partial charge in [0.05, 0.1) is 25.0 Å². The molecule has 0 spiro atoms. The van der Waals surface area contributed by atoms with Gasteiger partial charge in [-0.3, -0.25) is 9.97 Å². The summed E-state index contributed by atoms with van der Waals surface area (Å²) in [5, 5.41) is 5.35. The lowest BCUT2D eigenvalue weighted by Gasteiger charge is -2.09. The van der Waals surface area contributed by atoms with Crippen LogP contribution in [0.4, 0.5) is 0 Å². The van der Waals surface area contributed by atoms with Gasteiger partial charge in [-0.2, -0.15) is 11.3 Å². The normalized spacial score (nSPS) is 11.4. The van der Waals surface area contributed by atoms with Crippen LogP contribution in [0, 0.1) is 0 Å². The minimum atomic E-state index is -3.89. The third-order valence-corrected chi connectivity index (χ3v) is 6.44. The second-order valence-electron chi connectivity index (χ2n) is 4.79. The largest absolute Gasteiger partial charge is 0.465 e. The maximum Gasteiger partial charge on any atom is 0.349 e. The van der Waals surface area contributed by atoms with Crippen LogP contribution < -0.4 is 4.72 Å². The number of esters is 1. The zero-order valence-corrected chi connectivity index (χ0v) is 15.5. The van der Waals surface area contributed by atoms with E-state index in [-0.39, 0.29) is 16.3 Å². The predicted molar refractivity (Wildman–Crippen MR) is 95.0 cm³/mol. The highest BCUT2D eigenvalue weighted by Gasteiger charge is 2.25. The number of carbonyl (C=O) groups excluding carboxylic acids is 1. The Labute approximate surface area is 152 Å². The number of aromatic nitrogens is 2. The van der Waals surface area contributed by atoms with E-state index in [0.29, 0.717) is 11.4 Å². The van der Waals surface area contributed by atoms with E-state index in [1.807, 2.05) is 16.8 Å². The summed E-state index contributed by atoms with van der Waals surface area (Å²) >= 11 is 2.53. The fraction of sp³-hybridized carbons (Fsp3) is 0.133. The molecule has 0 radical (unpaired) electrons. The van der Waals surface area contributed by atoms with Crippen molar-refractivity contribution in [1.29, 1.82) is 0 Å². The van der Waals surface area contributed by atoms with E-state index >= 15 is 0 Å². The number of hydrogen-bond acceptors (Lipinski definition) is 8. The van der Waals surface area contributed by atoms with Crippen LogP contribution in [-0.2, 0) is 21.3 Å². The van der Waals surface area contributed by atoms with E-state index in [2.05, 4.69) is 19.4 Å². The van der Waals surface area contributed by atoms with Crippen molar-refractivity contribution in [3.63, 3.8) is 0 Å². The SMILES string of the molecule is COC(=O)c1sccc1S(=O)(=O)NCc1nccnc1-c1ccsc1. The molecule has 130 valence electrons. The predicted octanol–water partition coefficient (Wildman–Crippen LogP) is 2.53. The molecular weight excluding hydrogens is 382 g/mol. The molecule has 3 rings (SSSR count). The van der Waals surface area contributed by atoms with E-state index in [9.17, 15) is 13.2 Å². The Kier molecular flexibility index (Phi) is 5.23. The Morgan fingerprint density at radius 2 is 2.04 bits per heavy atom. The van der Waals surface area contributed by atoms with Crippen molar-refractivity contribution in [1.82, 2.24) is 14.7 Å². The molecule has 3 heterocycles. The number of nitrogens with one attached hydrogen (secondary N) is 1. The molecule has 0 amide bonds. The van der Waals surface area contributed by atoms with E-state index in [1.165, 1.54) is 36.1 Å². The molecule has 0 bridgehead atoms. The molecule has 10 heteroatoms. The molecule has 25 heavy (non-hydrogen) atoms. The van der Waals surface area contributed by atoms with Crippen molar-refractivity contribution >= 4 is 38.7 Å². The van der Waals surface area contributed by atoms with Gasteiger partial charge in [0.15, 0.2) is 0 Å². The lowest BCUT2D eigenvalue weighted by molar-refractivity contribution is 0.0602. The van der Waals surface area contributed by atoms with E-state index in [1.54, 1.807) is 6.20 Å². The number of methoxy groups -OCH3 is 1. The number of hydrogen-bond donors (Lipinski definition) is 1. The monoisotopic (exact) mass is 395 g/mol. The number of nitrogens with zero attached hydrogens (tertiary/aromatic N) is 2. The Bertz CT molecular complexity index is 981. The van der Waals surface area contributed by atoms with E-state index in [0.717, 1.165) is 16.9 Å². The van der Waals surface area contributed by atoms with Gasteiger partial charge >= 0.3 is 5.97 Å². The lowest BCUT2D eigenvalue weighted by Crippen LogP contribution is -2.25.